The number of carbonyl (C=O) groups excluding carboxylic acids is 1. The highest BCUT2D eigenvalue weighted by Gasteiger charge is 2.06. The fraction of sp³-hybridized carbons (Fsp3) is 0.500. The third kappa shape index (κ3) is 5.04. The summed E-state index contributed by atoms with van der Waals surface area (Å²) in [5.74, 6) is 1.20. The second-order valence-corrected chi connectivity index (χ2v) is 6.37. The van der Waals surface area contributed by atoms with Crippen LogP contribution < -0.4 is 5.32 Å². The molecule has 0 saturated heterocycles. The highest BCUT2D eigenvalue weighted by Crippen LogP contribution is 2.20. The van der Waals surface area contributed by atoms with Gasteiger partial charge in [-0.1, -0.05) is 0 Å². The minimum atomic E-state index is 0.0288. The van der Waals surface area contributed by atoms with Crippen molar-refractivity contribution in [3.8, 4) is 0 Å². The predicted molar refractivity (Wildman–Crippen MR) is 72.0 cm³/mol. The summed E-state index contributed by atoms with van der Waals surface area (Å²) in [5.41, 5.74) is 0.747. The van der Waals surface area contributed by atoms with Crippen molar-refractivity contribution in [2.75, 3.05) is 18.6 Å². The molecule has 1 rings (SSSR count). The van der Waals surface area contributed by atoms with Crippen LogP contribution in [0.25, 0.3) is 0 Å². The molecule has 0 spiro atoms. The van der Waals surface area contributed by atoms with Crippen molar-refractivity contribution in [2.45, 2.75) is 12.8 Å². The van der Waals surface area contributed by atoms with Crippen molar-refractivity contribution in [1.29, 1.82) is 0 Å². The Labute approximate surface area is 107 Å². The van der Waals surface area contributed by atoms with Gasteiger partial charge in [0.15, 0.2) is 0 Å². The molecule has 1 heterocycles. The van der Waals surface area contributed by atoms with E-state index in [4.69, 9.17) is 0 Å². The number of thioether (sulfide) groups is 1. The molecule has 1 aromatic heterocycles. The molecule has 15 heavy (non-hydrogen) atoms. The van der Waals surface area contributed by atoms with Gasteiger partial charge in [0.2, 0.25) is 0 Å². The minimum absolute atomic E-state index is 0.0288. The van der Waals surface area contributed by atoms with E-state index < -0.39 is 0 Å². The van der Waals surface area contributed by atoms with Crippen molar-refractivity contribution in [3.63, 3.8) is 0 Å². The second kappa shape index (κ2) is 7.30. The molecule has 0 aliphatic heterocycles. The number of amides is 1. The van der Waals surface area contributed by atoms with Crippen molar-refractivity contribution < 1.29 is 4.79 Å². The SMILES string of the molecule is CSCCCCNC(=O)c1csc(Br)c1. The standard InChI is InChI=1S/C10H14BrNOS2/c1-14-5-3-2-4-12-10(13)8-6-9(11)15-7-8/h6-7H,2-5H2,1H3,(H,12,13). The molecule has 0 atom stereocenters. The molecule has 0 fully saturated rings. The second-order valence-electron chi connectivity index (χ2n) is 3.10. The van der Waals surface area contributed by atoms with Crippen LogP contribution in [0, 0.1) is 0 Å². The first kappa shape index (κ1) is 13.1. The maximum absolute atomic E-state index is 11.6. The summed E-state index contributed by atoms with van der Waals surface area (Å²) < 4.78 is 0.995. The molecule has 1 N–H and O–H groups in total. The molecule has 0 aliphatic rings. The first-order chi connectivity index (χ1) is 7.24. The minimum Gasteiger partial charge on any atom is -0.352 e. The monoisotopic (exact) mass is 307 g/mol. The van der Waals surface area contributed by atoms with Crippen molar-refractivity contribution in [2.24, 2.45) is 0 Å². The fourth-order valence-corrected chi connectivity index (χ4v) is 2.73. The van der Waals surface area contributed by atoms with E-state index in [1.54, 1.807) is 0 Å². The summed E-state index contributed by atoms with van der Waals surface area (Å²) in [7, 11) is 0. The van der Waals surface area contributed by atoms with Gasteiger partial charge in [-0.3, -0.25) is 4.79 Å². The molecule has 0 aliphatic carbocycles. The van der Waals surface area contributed by atoms with E-state index in [0.29, 0.717) is 0 Å². The molecular formula is C10H14BrNOS2. The molecule has 0 bridgehead atoms. The number of nitrogens with one attached hydrogen (secondary N) is 1. The highest BCUT2D eigenvalue weighted by atomic mass is 79.9. The average Bonchev–Trinajstić information content (AvgIpc) is 2.64. The molecule has 1 aromatic rings. The largest absolute Gasteiger partial charge is 0.352 e. The molecule has 84 valence electrons. The number of rotatable bonds is 6. The lowest BCUT2D eigenvalue weighted by molar-refractivity contribution is 0.0953. The summed E-state index contributed by atoms with van der Waals surface area (Å²) >= 11 is 6.71. The van der Waals surface area contributed by atoms with Gasteiger partial charge in [0, 0.05) is 11.9 Å². The maximum Gasteiger partial charge on any atom is 0.252 e. The Morgan fingerprint density at radius 3 is 3.00 bits per heavy atom. The lowest BCUT2D eigenvalue weighted by Crippen LogP contribution is -2.23. The molecule has 1 amide bonds. The summed E-state index contributed by atoms with van der Waals surface area (Å²) in [4.78, 5) is 11.6. The Bertz CT molecular complexity index is 314. The quantitative estimate of drug-likeness (QED) is 0.816. The third-order valence-corrected chi connectivity index (χ3v) is 4.09. The van der Waals surface area contributed by atoms with E-state index in [9.17, 15) is 4.79 Å². The first-order valence-electron chi connectivity index (χ1n) is 4.75. The van der Waals surface area contributed by atoms with Gasteiger partial charge in [0.1, 0.15) is 0 Å². The number of thiophene rings is 1. The van der Waals surface area contributed by atoms with Crippen LogP contribution in [0.1, 0.15) is 23.2 Å². The first-order valence-corrected chi connectivity index (χ1v) is 7.82. The molecule has 0 unspecified atom stereocenters. The van der Waals surface area contributed by atoms with Crippen LogP contribution in [0.4, 0.5) is 0 Å². The topological polar surface area (TPSA) is 29.1 Å². The summed E-state index contributed by atoms with van der Waals surface area (Å²) in [6.45, 7) is 0.771. The Morgan fingerprint density at radius 1 is 1.60 bits per heavy atom. The van der Waals surface area contributed by atoms with E-state index in [-0.39, 0.29) is 5.91 Å². The third-order valence-electron chi connectivity index (χ3n) is 1.89. The van der Waals surface area contributed by atoms with Gasteiger partial charge < -0.3 is 5.32 Å². The Hall–Kier alpha value is -0.000000000000000111. The fourth-order valence-electron chi connectivity index (χ4n) is 1.10. The van der Waals surface area contributed by atoms with Crippen LogP contribution in [0.5, 0.6) is 0 Å². The zero-order valence-corrected chi connectivity index (χ0v) is 11.8. The van der Waals surface area contributed by atoms with Crippen LogP contribution in [0.15, 0.2) is 15.2 Å². The summed E-state index contributed by atoms with van der Waals surface area (Å²) in [6, 6.07) is 1.85. The normalized spacial score (nSPS) is 10.3. The van der Waals surface area contributed by atoms with Gasteiger partial charge >= 0.3 is 0 Å². The summed E-state index contributed by atoms with van der Waals surface area (Å²) in [5, 5.41) is 4.77. The van der Waals surface area contributed by atoms with Gasteiger partial charge in [0.25, 0.3) is 5.91 Å². The van der Waals surface area contributed by atoms with Crippen LogP contribution in [0.3, 0.4) is 0 Å². The van der Waals surface area contributed by atoms with Crippen LogP contribution in [0.2, 0.25) is 0 Å². The molecule has 0 radical (unpaired) electrons. The molecule has 5 heteroatoms. The van der Waals surface area contributed by atoms with E-state index in [1.807, 2.05) is 23.2 Å². The van der Waals surface area contributed by atoms with Gasteiger partial charge in [-0.15, -0.1) is 11.3 Å². The number of carbonyl (C=O) groups is 1. The van der Waals surface area contributed by atoms with Gasteiger partial charge in [-0.2, -0.15) is 11.8 Å². The number of hydrogen-bond acceptors (Lipinski definition) is 3. The van der Waals surface area contributed by atoms with Crippen molar-refractivity contribution in [3.05, 3.63) is 20.8 Å². The van der Waals surface area contributed by atoms with E-state index >= 15 is 0 Å². The zero-order chi connectivity index (χ0) is 11.1. The average molecular weight is 308 g/mol. The van der Waals surface area contributed by atoms with Gasteiger partial charge in [-0.05, 0) is 46.8 Å². The molecule has 0 saturated carbocycles. The van der Waals surface area contributed by atoms with Gasteiger partial charge in [-0.25, -0.2) is 0 Å². The Kier molecular flexibility index (Phi) is 6.36. The summed E-state index contributed by atoms with van der Waals surface area (Å²) in [6.07, 6.45) is 4.31. The lowest BCUT2D eigenvalue weighted by atomic mass is 10.3. The highest BCUT2D eigenvalue weighted by molar-refractivity contribution is 9.11. The van der Waals surface area contributed by atoms with E-state index in [2.05, 4.69) is 27.5 Å². The van der Waals surface area contributed by atoms with Crippen LogP contribution in [-0.4, -0.2) is 24.5 Å². The van der Waals surface area contributed by atoms with E-state index in [0.717, 1.165) is 28.7 Å². The van der Waals surface area contributed by atoms with E-state index in [1.165, 1.54) is 17.1 Å². The molecule has 2 nitrogen and oxygen atoms in total. The Balaban J connectivity index is 2.19. The van der Waals surface area contributed by atoms with Crippen LogP contribution in [-0.2, 0) is 0 Å². The van der Waals surface area contributed by atoms with Crippen molar-refractivity contribution >= 4 is 44.9 Å². The molecular weight excluding hydrogens is 294 g/mol. The van der Waals surface area contributed by atoms with Crippen LogP contribution >= 0.6 is 39.0 Å². The van der Waals surface area contributed by atoms with Gasteiger partial charge in [0.05, 0.1) is 9.35 Å². The number of halogens is 1. The molecule has 0 aromatic carbocycles. The maximum atomic E-state index is 11.6. The lowest BCUT2D eigenvalue weighted by Gasteiger charge is -2.02. The smallest absolute Gasteiger partial charge is 0.252 e. The Morgan fingerprint density at radius 2 is 2.40 bits per heavy atom. The number of unbranched alkanes of at least 4 members (excludes halogenated alkanes) is 1. The zero-order valence-electron chi connectivity index (χ0n) is 8.59. The number of hydrogen-bond donors (Lipinski definition) is 1. The predicted octanol–water partition coefficient (Wildman–Crippen LogP) is 3.38. The van der Waals surface area contributed by atoms with Crippen molar-refractivity contribution in [1.82, 2.24) is 5.32 Å².